The molecule has 3 aromatic rings. The molecule has 2 fully saturated rings. The zero-order chi connectivity index (χ0) is 27.3. The Kier molecular flexibility index (Phi) is 8.38. The standard InChI is InChI=1S/C32H37NO5S/c1-2-37-31(34)32(19-21-33(22-20-32)28-13-14-28)39(35,36)30-17-15-29(16-18-30)38-23-7-9-25-8-6-12-27(24-25)26-10-4-3-5-11-26/h3-6,8,10-12,15-18,24,28H,2,7,9,13-14,19-23H2,1H3. The van der Waals surface area contributed by atoms with Gasteiger partial charge in [0.2, 0.25) is 0 Å². The molecule has 0 atom stereocenters. The number of carbonyl (C=O) groups excluding carboxylic acids is 1. The van der Waals surface area contributed by atoms with Gasteiger partial charge in [0.1, 0.15) is 5.75 Å². The number of ether oxygens (including phenoxy) is 2. The lowest BCUT2D eigenvalue weighted by Crippen LogP contribution is -2.55. The van der Waals surface area contributed by atoms with Gasteiger partial charge >= 0.3 is 5.97 Å². The lowest BCUT2D eigenvalue weighted by Gasteiger charge is -2.39. The monoisotopic (exact) mass is 547 g/mol. The Morgan fingerprint density at radius 3 is 2.28 bits per heavy atom. The molecule has 0 radical (unpaired) electrons. The first kappa shape index (κ1) is 27.4. The maximum atomic E-state index is 13.8. The number of hydrogen-bond acceptors (Lipinski definition) is 6. The van der Waals surface area contributed by atoms with Crippen molar-refractivity contribution in [1.29, 1.82) is 0 Å². The number of likely N-dealkylation sites (tertiary alicyclic amines) is 1. The van der Waals surface area contributed by atoms with Gasteiger partial charge in [-0.05, 0) is 86.4 Å². The van der Waals surface area contributed by atoms with E-state index in [-0.39, 0.29) is 24.3 Å². The van der Waals surface area contributed by atoms with Crippen molar-refractivity contribution in [1.82, 2.24) is 4.90 Å². The summed E-state index contributed by atoms with van der Waals surface area (Å²) in [6.07, 6.45) is 4.54. The van der Waals surface area contributed by atoms with Crippen LogP contribution in [0.2, 0.25) is 0 Å². The first-order chi connectivity index (χ1) is 18.9. The molecule has 1 saturated heterocycles. The maximum Gasteiger partial charge on any atom is 0.327 e. The van der Waals surface area contributed by atoms with Crippen LogP contribution in [0.5, 0.6) is 5.75 Å². The molecule has 5 rings (SSSR count). The molecule has 1 aliphatic carbocycles. The second-order valence-corrected chi connectivity index (χ2v) is 12.7. The zero-order valence-electron chi connectivity index (χ0n) is 22.6. The predicted molar refractivity (Wildman–Crippen MR) is 153 cm³/mol. The van der Waals surface area contributed by atoms with Crippen molar-refractivity contribution in [2.75, 3.05) is 26.3 Å². The Balaban J connectivity index is 1.20. The van der Waals surface area contributed by atoms with Gasteiger partial charge in [0.05, 0.1) is 18.1 Å². The Labute approximate surface area is 231 Å². The van der Waals surface area contributed by atoms with Crippen molar-refractivity contribution < 1.29 is 22.7 Å². The molecule has 7 heteroatoms. The van der Waals surface area contributed by atoms with Gasteiger partial charge in [-0.3, -0.25) is 4.79 Å². The van der Waals surface area contributed by atoms with E-state index in [1.807, 2.05) is 18.2 Å². The molecule has 0 aromatic heterocycles. The number of carbonyl (C=O) groups is 1. The zero-order valence-corrected chi connectivity index (χ0v) is 23.4. The molecule has 0 N–H and O–H groups in total. The second kappa shape index (κ2) is 11.9. The van der Waals surface area contributed by atoms with Crippen LogP contribution in [-0.4, -0.2) is 56.4 Å². The lowest BCUT2D eigenvalue weighted by atomic mass is 9.95. The normalized spacial score (nSPS) is 17.5. The van der Waals surface area contributed by atoms with Crippen molar-refractivity contribution in [3.05, 3.63) is 84.4 Å². The van der Waals surface area contributed by atoms with E-state index in [1.54, 1.807) is 31.2 Å². The van der Waals surface area contributed by atoms with Crippen LogP contribution in [-0.2, 0) is 25.8 Å². The second-order valence-electron chi connectivity index (χ2n) is 10.5. The van der Waals surface area contributed by atoms with E-state index in [4.69, 9.17) is 9.47 Å². The average Bonchev–Trinajstić information content (AvgIpc) is 3.82. The Morgan fingerprint density at radius 1 is 0.923 bits per heavy atom. The number of aryl methyl sites for hydroxylation is 1. The summed E-state index contributed by atoms with van der Waals surface area (Å²) < 4.78 is 37.3. The van der Waals surface area contributed by atoms with E-state index in [0.717, 1.165) is 25.7 Å². The van der Waals surface area contributed by atoms with Crippen LogP contribution in [0.3, 0.4) is 0 Å². The summed E-state index contributed by atoms with van der Waals surface area (Å²) in [6, 6.07) is 25.9. The van der Waals surface area contributed by atoms with Gasteiger partial charge in [-0.2, -0.15) is 0 Å². The third-order valence-corrected chi connectivity index (χ3v) is 10.4. The number of sulfone groups is 1. The van der Waals surface area contributed by atoms with Gasteiger partial charge in [0.15, 0.2) is 14.6 Å². The molecule has 6 nitrogen and oxygen atoms in total. The molecule has 39 heavy (non-hydrogen) atoms. The number of piperidine rings is 1. The highest BCUT2D eigenvalue weighted by molar-refractivity contribution is 7.93. The molecule has 0 unspecified atom stereocenters. The van der Waals surface area contributed by atoms with Crippen molar-refractivity contribution >= 4 is 15.8 Å². The van der Waals surface area contributed by atoms with Crippen LogP contribution in [0.4, 0.5) is 0 Å². The summed E-state index contributed by atoms with van der Waals surface area (Å²) >= 11 is 0. The van der Waals surface area contributed by atoms with Gasteiger partial charge in [-0.15, -0.1) is 0 Å². The van der Waals surface area contributed by atoms with Crippen LogP contribution >= 0.6 is 0 Å². The topological polar surface area (TPSA) is 72.9 Å². The Morgan fingerprint density at radius 2 is 1.62 bits per heavy atom. The average molecular weight is 548 g/mol. The minimum Gasteiger partial charge on any atom is -0.494 e. The molecule has 2 aliphatic rings. The highest BCUT2D eigenvalue weighted by Gasteiger charge is 2.55. The third kappa shape index (κ3) is 6.04. The van der Waals surface area contributed by atoms with Crippen molar-refractivity contribution in [2.45, 2.75) is 61.1 Å². The van der Waals surface area contributed by atoms with Crippen LogP contribution in [0, 0.1) is 0 Å². The number of benzene rings is 3. The fourth-order valence-electron chi connectivity index (χ4n) is 5.48. The predicted octanol–water partition coefficient (Wildman–Crippen LogP) is 5.70. The number of rotatable bonds is 11. The molecule has 206 valence electrons. The van der Waals surface area contributed by atoms with E-state index >= 15 is 0 Å². The molecular weight excluding hydrogens is 510 g/mol. The molecule has 1 saturated carbocycles. The van der Waals surface area contributed by atoms with E-state index in [1.165, 1.54) is 16.7 Å². The van der Waals surface area contributed by atoms with Gasteiger partial charge in [-0.25, -0.2) is 8.42 Å². The first-order valence-electron chi connectivity index (χ1n) is 14.0. The summed E-state index contributed by atoms with van der Waals surface area (Å²) in [5.41, 5.74) is 3.65. The fourth-order valence-corrected chi connectivity index (χ4v) is 7.42. The minimum absolute atomic E-state index is 0.139. The SMILES string of the molecule is CCOC(=O)C1(S(=O)(=O)c2ccc(OCCCc3cccc(-c4ccccc4)c3)cc2)CCN(C2CC2)CC1. The Bertz CT molecular complexity index is 1360. The first-order valence-corrected chi connectivity index (χ1v) is 15.4. The van der Waals surface area contributed by atoms with Crippen molar-refractivity contribution in [3.8, 4) is 16.9 Å². The molecule has 0 bridgehead atoms. The minimum atomic E-state index is -3.94. The van der Waals surface area contributed by atoms with E-state index < -0.39 is 20.6 Å². The molecular formula is C32H37NO5S. The molecule has 1 heterocycles. The maximum absolute atomic E-state index is 13.8. The summed E-state index contributed by atoms with van der Waals surface area (Å²) in [7, 11) is -3.94. The van der Waals surface area contributed by atoms with Gasteiger partial charge in [0.25, 0.3) is 0 Å². The van der Waals surface area contributed by atoms with Crippen LogP contribution in [0.15, 0.2) is 83.8 Å². The number of nitrogens with zero attached hydrogens (tertiary/aromatic N) is 1. The van der Waals surface area contributed by atoms with Crippen LogP contribution in [0.1, 0.15) is 44.6 Å². The summed E-state index contributed by atoms with van der Waals surface area (Å²) in [4.78, 5) is 15.5. The van der Waals surface area contributed by atoms with Gasteiger partial charge in [-0.1, -0.05) is 54.6 Å². The summed E-state index contributed by atoms with van der Waals surface area (Å²) in [6.45, 7) is 3.58. The smallest absolute Gasteiger partial charge is 0.327 e. The number of esters is 1. The highest BCUT2D eigenvalue weighted by atomic mass is 32.2. The molecule has 0 spiro atoms. The molecule has 3 aromatic carbocycles. The van der Waals surface area contributed by atoms with Crippen LogP contribution < -0.4 is 4.74 Å². The van der Waals surface area contributed by atoms with Gasteiger partial charge in [0, 0.05) is 19.1 Å². The van der Waals surface area contributed by atoms with Gasteiger partial charge < -0.3 is 14.4 Å². The Hall–Kier alpha value is -3.16. The van der Waals surface area contributed by atoms with Crippen molar-refractivity contribution in [3.63, 3.8) is 0 Å². The molecule has 1 aliphatic heterocycles. The summed E-state index contributed by atoms with van der Waals surface area (Å²) in [5.74, 6) is -0.0159. The lowest BCUT2D eigenvalue weighted by molar-refractivity contribution is -0.147. The van der Waals surface area contributed by atoms with Crippen molar-refractivity contribution in [2.24, 2.45) is 0 Å². The highest BCUT2D eigenvalue weighted by Crippen LogP contribution is 2.40. The third-order valence-electron chi connectivity index (χ3n) is 7.88. The van der Waals surface area contributed by atoms with Crippen LogP contribution in [0.25, 0.3) is 11.1 Å². The fraction of sp³-hybridized carbons (Fsp3) is 0.406. The summed E-state index contributed by atoms with van der Waals surface area (Å²) in [5, 5.41) is 0. The van der Waals surface area contributed by atoms with E-state index in [9.17, 15) is 13.2 Å². The number of hydrogen-bond donors (Lipinski definition) is 0. The molecule has 0 amide bonds. The van der Waals surface area contributed by atoms with E-state index in [2.05, 4.69) is 41.3 Å². The quantitative estimate of drug-likeness (QED) is 0.227. The van der Waals surface area contributed by atoms with E-state index in [0.29, 0.717) is 31.5 Å². The largest absolute Gasteiger partial charge is 0.494 e.